The molecule has 1 heterocycles. The number of aliphatic hydroxyl groups excluding tert-OH is 1. The van der Waals surface area contributed by atoms with Crippen LogP contribution in [-0.4, -0.2) is 54.4 Å². The van der Waals surface area contributed by atoms with Crippen LogP contribution in [0.1, 0.15) is 20.3 Å². The highest BCUT2D eigenvalue weighted by Gasteiger charge is 2.37. The van der Waals surface area contributed by atoms with Crippen molar-refractivity contribution >= 4 is 7.05 Å². The summed E-state index contributed by atoms with van der Waals surface area (Å²) in [6.45, 7) is 7.53. The lowest BCUT2D eigenvalue weighted by atomic mass is 9.82. The van der Waals surface area contributed by atoms with Crippen molar-refractivity contribution in [1.82, 2.24) is 10.1 Å². The summed E-state index contributed by atoms with van der Waals surface area (Å²) < 4.78 is 0. The van der Waals surface area contributed by atoms with E-state index >= 15 is 0 Å². The SMILES string of the molecule is CB(O)N[C@]1(CO)CCN(C)C1.CC. The van der Waals surface area contributed by atoms with Crippen LogP contribution in [0.25, 0.3) is 0 Å². The fourth-order valence-electron chi connectivity index (χ4n) is 1.82. The molecule has 0 unspecified atom stereocenters. The van der Waals surface area contributed by atoms with E-state index in [0.717, 1.165) is 19.5 Å². The van der Waals surface area contributed by atoms with Gasteiger partial charge in [-0.2, -0.15) is 0 Å². The van der Waals surface area contributed by atoms with Gasteiger partial charge in [0.2, 0.25) is 0 Å². The van der Waals surface area contributed by atoms with E-state index in [1.807, 2.05) is 20.9 Å². The summed E-state index contributed by atoms with van der Waals surface area (Å²) in [6.07, 6.45) is 0.894. The highest BCUT2D eigenvalue weighted by Crippen LogP contribution is 2.19. The topological polar surface area (TPSA) is 55.7 Å². The molecular formula is C9H23BN2O2. The summed E-state index contributed by atoms with van der Waals surface area (Å²) in [7, 11) is 1.46. The summed E-state index contributed by atoms with van der Waals surface area (Å²) in [5.74, 6) is 0. The number of rotatable bonds is 3. The summed E-state index contributed by atoms with van der Waals surface area (Å²) in [4.78, 5) is 2.14. The van der Waals surface area contributed by atoms with E-state index in [1.54, 1.807) is 6.82 Å². The van der Waals surface area contributed by atoms with Gasteiger partial charge in [-0.05, 0) is 26.8 Å². The molecule has 84 valence electrons. The maximum atomic E-state index is 9.18. The van der Waals surface area contributed by atoms with Gasteiger partial charge in [0.25, 0.3) is 0 Å². The Bertz CT molecular complexity index is 158. The average molecular weight is 202 g/mol. The van der Waals surface area contributed by atoms with Crippen LogP contribution < -0.4 is 5.23 Å². The van der Waals surface area contributed by atoms with E-state index in [2.05, 4.69) is 10.1 Å². The fourth-order valence-corrected chi connectivity index (χ4v) is 1.82. The van der Waals surface area contributed by atoms with Crippen molar-refractivity contribution in [2.75, 3.05) is 26.7 Å². The minimum absolute atomic E-state index is 0.0856. The largest absolute Gasteiger partial charge is 0.437 e. The molecule has 14 heavy (non-hydrogen) atoms. The van der Waals surface area contributed by atoms with Crippen molar-refractivity contribution < 1.29 is 10.1 Å². The van der Waals surface area contributed by atoms with Crippen LogP contribution in [-0.2, 0) is 0 Å². The fraction of sp³-hybridized carbons (Fsp3) is 1.00. The molecule has 1 atom stereocenters. The molecule has 3 N–H and O–H groups in total. The van der Waals surface area contributed by atoms with Crippen molar-refractivity contribution in [3.05, 3.63) is 0 Å². The van der Waals surface area contributed by atoms with Crippen LogP contribution in [0.4, 0.5) is 0 Å². The number of hydrogen-bond donors (Lipinski definition) is 3. The summed E-state index contributed by atoms with van der Waals surface area (Å²) in [5, 5.41) is 21.3. The highest BCUT2D eigenvalue weighted by atomic mass is 16.3. The second-order valence-electron chi connectivity index (χ2n) is 3.75. The normalized spacial score (nSPS) is 27.0. The molecule has 1 fully saturated rings. The van der Waals surface area contributed by atoms with Crippen molar-refractivity contribution in [1.29, 1.82) is 0 Å². The lowest BCUT2D eigenvalue weighted by molar-refractivity contribution is 0.180. The van der Waals surface area contributed by atoms with Crippen LogP contribution in [0, 0.1) is 0 Å². The van der Waals surface area contributed by atoms with E-state index in [4.69, 9.17) is 5.02 Å². The van der Waals surface area contributed by atoms with E-state index < -0.39 is 7.05 Å². The number of aliphatic hydroxyl groups is 1. The van der Waals surface area contributed by atoms with E-state index in [0.29, 0.717) is 0 Å². The molecule has 0 aromatic heterocycles. The van der Waals surface area contributed by atoms with Gasteiger partial charge in [0.1, 0.15) is 0 Å². The molecule has 0 aromatic rings. The first-order valence-corrected chi connectivity index (χ1v) is 5.33. The first-order valence-electron chi connectivity index (χ1n) is 5.33. The third-order valence-corrected chi connectivity index (χ3v) is 2.36. The number of likely N-dealkylation sites (tertiary alicyclic amines) is 1. The molecule has 1 rings (SSSR count). The van der Waals surface area contributed by atoms with Gasteiger partial charge < -0.3 is 20.3 Å². The third-order valence-electron chi connectivity index (χ3n) is 2.36. The molecule has 0 amide bonds. The van der Waals surface area contributed by atoms with Gasteiger partial charge >= 0.3 is 7.05 Å². The van der Waals surface area contributed by atoms with Crippen LogP contribution in [0.5, 0.6) is 0 Å². The summed E-state index contributed by atoms with van der Waals surface area (Å²) in [5.41, 5.74) is -0.289. The second kappa shape index (κ2) is 6.40. The summed E-state index contributed by atoms with van der Waals surface area (Å²) in [6, 6.07) is 0. The Morgan fingerprint density at radius 1 is 1.50 bits per heavy atom. The molecule has 0 saturated carbocycles. The van der Waals surface area contributed by atoms with Crippen LogP contribution in [0.2, 0.25) is 6.82 Å². The Labute approximate surface area is 87.4 Å². The van der Waals surface area contributed by atoms with Crippen LogP contribution in [0.3, 0.4) is 0 Å². The zero-order valence-electron chi connectivity index (χ0n) is 9.75. The molecule has 5 heteroatoms. The zero-order chi connectivity index (χ0) is 11.2. The summed E-state index contributed by atoms with van der Waals surface area (Å²) >= 11 is 0. The van der Waals surface area contributed by atoms with Crippen LogP contribution >= 0.6 is 0 Å². The molecule has 0 spiro atoms. The first-order chi connectivity index (χ1) is 6.58. The Morgan fingerprint density at radius 2 is 2.07 bits per heavy atom. The van der Waals surface area contributed by atoms with E-state index in [1.165, 1.54) is 0 Å². The molecule has 0 aliphatic carbocycles. The Hall–Kier alpha value is -0.0951. The highest BCUT2D eigenvalue weighted by molar-refractivity contribution is 6.45. The Balaban J connectivity index is 0.000000791. The van der Waals surface area contributed by atoms with Crippen molar-refractivity contribution in [3.8, 4) is 0 Å². The van der Waals surface area contributed by atoms with Gasteiger partial charge in [-0.3, -0.25) is 0 Å². The average Bonchev–Trinajstić information content (AvgIpc) is 2.51. The van der Waals surface area contributed by atoms with E-state index in [9.17, 15) is 5.11 Å². The number of nitrogens with zero attached hydrogens (tertiary/aromatic N) is 1. The molecule has 0 aromatic carbocycles. The number of nitrogens with one attached hydrogen (secondary N) is 1. The molecule has 0 radical (unpaired) electrons. The van der Waals surface area contributed by atoms with E-state index in [-0.39, 0.29) is 12.1 Å². The smallest absolute Gasteiger partial charge is 0.374 e. The molecular weight excluding hydrogens is 179 g/mol. The zero-order valence-corrected chi connectivity index (χ0v) is 9.75. The Morgan fingerprint density at radius 3 is 2.36 bits per heavy atom. The first kappa shape index (κ1) is 13.9. The second-order valence-corrected chi connectivity index (χ2v) is 3.75. The van der Waals surface area contributed by atoms with Gasteiger partial charge in [0.15, 0.2) is 0 Å². The minimum Gasteiger partial charge on any atom is -0.437 e. The van der Waals surface area contributed by atoms with Gasteiger partial charge in [-0.1, -0.05) is 13.8 Å². The predicted octanol–water partition coefficient (Wildman–Crippen LogP) is -0.221. The number of likely N-dealkylation sites (N-methyl/N-ethyl adjacent to an activating group) is 1. The maximum Gasteiger partial charge on any atom is 0.374 e. The predicted molar refractivity (Wildman–Crippen MR) is 60.3 cm³/mol. The van der Waals surface area contributed by atoms with Crippen molar-refractivity contribution in [2.24, 2.45) is 0 Å². The molecule has 4 nitrogen and oxygen atoms in total. The van der Waals surface area contributed by atoms with Gasteiger partial charge in [0.05, 0.1) is 6.61 Å². The van der Waals surface area contributed by atoms with Crippen LogP contribution in [0.15, 0.2) is 0 Å². The van der Waals surface area contributed by atoms with Crippen molar-refractivity contribution in [3.63, 3.8) is 0 Å². The molecule has 0 bridgehead atoms. The number of hydrogen-bond acceptors (Lipinski definition) is 4. The lowest BCUT2D eigenvalue weighted by Crippen LogP contribution is -2.55. The van der Waals surface area contributed by atoms with Gasteiger partial charge in [-0.25, -0.2) is 0 Å². The van der Waals surface area contributed by atoms with Crippen molar-refractivity contribution in [2.45, 2.75) is 32.6 Å². The standard InChI is InChI=1S/C7H17BN2O2.C2H6/c1-8(12)9-7(6-11)3-4-10(2)5-7;1-2/h9,11-12H,3-6H2,1-2H3;1-2H3/t7-;/m1./s1. The Kier molecular flexibility index (Phi) is 6.36. The minimum atomic E-state index is -0.552. The monoisotopic (exact) mass is 202 g/mol. The third kappa shape index (κ3) is 3.96. The van der Waals surface area contributed by atoms with Gasteiger partial charge in [0, 0.05) is 12.1 Å². The maximum absolute atomic E-state index is 9.18. The molecule has 1 aliphatic rings. The molecule has 1 saturated heterocycles. The lowest BCUT2D eigenvalue weighted by Gasteiger charge is -2.28. The van der Waals surface area contributed by atoms with Gasteiger partial charge in [-0.15, -0.1) is 0 Å². The quantitative estimate of drug-likeness (QED) is 0.554. The molecule has 1 aliphatic heterocycles.